The molecule has 31 heavy (non-hydrogen) atoms. The van der Waals surface area contributed by atoms with E-state index in [1.807, 2.05) is 36.4 Å². The highest BCUT2D eigenvalue weighted by molar-refractivity contribution is 6.03. The number of hydrogen-bond acceptors (Lipinski definition) is 5. The van der Waals surface area contributed by atoms with Crippen LogP contribution in [0.1, 0.15) is 38.5 Å². The Balaban J connectivity index is 1.25. The number of ether oxygens (including phenoxy) is 3. The quantitative estimate of drug-likeness (QED) is 0.802. The molecule has 1 saturated carbocycles. The molecular formula is C24H26N2O5. The minimum Gasteiger partial charge on any atom is -0.497 e. The second-order valence-corrected chi connectivity index (χ2v) is 8.43. The van der Waals surface area contributed by atoms with Gasteiger partial charge < -0.3 is 24.4 Å². The molecule has 2 heterocycles. The van der Waals surface area contributed by atoms with E-state index in [-0.39, 0.29) is 18.2 Å². The Bertz CT molecular complexity index is 1010. The molecule has 7 nitrogen and oxygen atoms in total. The monoisotopic (exact) mass is 422 g/mol. The maximum Gasteiger partial charge on any atom is 0.251 e. The lowest BCUT2D eigenvalue weighted by Gasteiger charge is -2.31. The number of carbonyl (C=O) groups excluding carboxylic acids is 2. The number of nitrogens with one attached hydrogen (secondary N) is 1. The van der Waals surface area contributed by atoms with Crippen molar-refractivity contribution in [2.75, 3.05) is 23.9 Å². The van der Waals surface area contributed by atoms with E-state index in [9.17, 15) is 9.59 Å². The number of rotatable bonds is 4. The van der Waals surface area contributed by atoms with Crippen LogP contribution in [0.15, 0.2) is 42.5 Å². The van der Waals surface area contributed by atoms with E-state index >= 15 is 0 Å². The molecule has 0 aromatic heterocycles. The molecular weight excluding hydrogens is 396 g/mol. The van der Waals surface area contributed by atoms with Crippen molar-refractivity contribution in [3.05, 3.63) is 42.5 Å². The summed E-state index contributed by atoms with van der Waals surface area (Å²) in [5.41, 5.74) is 1.38. The van der Waals surface area contributed by atoms with Gasteiger partial charge in [-0.2, -0.15) is 0 Å². The first-order valence-corrected chi connectivity index (χ1v) is 10.8. The first-order valence-electron chi connectivity index (χ1n) is 10.8. The fraction of sp³-hybridized carbons (Fsp3) is 0.417. The molecule has 5 rings (SSSR count). The summed E-state index contributed by atoms with van der Waals surface area (Å²) in [6, 6.07) is 12.8. The third-order valence-corrected chi connectivity index (χ3v) is 6.28. The minimum atomic E-state index is -0.543. The molecule has 0 radical (unpaired) electrons. The molecule has 1 saturated heterocycles. The molecule has 3 aliphatic rings. The highest BCUT2D eigenvalue weighted by Crippen LogP contribution is 2.46. The number of nitrogens with zero attached hydrogens (tertiary/aromatic N) is 1. The van der Waals surface area contributed by atoms with Crippen molar-refractivity contribution in [1.82, 2.24) is 0 Å². The Morgan fingerprint density at radius 1 is 1.10 bits per heavy atom. The lowest BCUT2D eigenvalue weighted by Crippen LogP contribution is -2.40. The van der Waals surface area contributed by atoms with Crippen LogP contribution in [-0.2, 0) is 9.59 Å². The summed E-state index contributed by atoms with van der Waals surface area (Å²) in [5.74, 6) is 0.852. The summed E-state index contributed by atoms with van der Waals surface area (Å²) < 4.78 is 17.5. The summed E-state index contributed by atoms with van der Waals surface area (Å²) >= 11 is 0. The summed E-state index contributed by atoms with van der Waals surface area (Å²) in [6.07, 6.45) is 5.34. The van der Waals surface area contributed by atoms with Crippen molar-refractivity contribution in [1.29, 1.82) is 0 Å². The Morgan fingerprint density at radius 3 is 2.71 bits per heavy atom. The van der Waals surface area contributed by atoms with Crippen LogP contribution in [0.5, 0.6) is 17.2 Å². The van der Waals surface area contributed by atoms with Gasteiger partial charge in [0, 0.05) is 49.3 Å². The molecule has 0 bridgehead atoms. The largest absolute Gasteiger partial charge is 0.497 e. The SMILES string of the molecule is COc1cccc(N2CC(C(=O)Nc3ccc4c(c3)OC3(CCCCC3)O4)CC2=O)c1. The summed E-state index contributed by atoms with van der Waals surface area (Å²) in [4.78, 5) is 27.0. The number of anilines is 2. The first-order chi connectivity index (χ1) is 15.0. The Labute approximate surface area is 181 Å². The van der Waals surface area contributed by atoms with Crippen LogP contribution in [0, 0.1) is 5.92 Å². The van der Waals surface area contributed by atoms with Crippen LogP contribution >= 0.6 is 0 Å². The molecule has 162 valence electrons. The fourth-order valence-corrected chi connectivity index (χ4v) is 4.62. The van der Waals surface area contributed by atoms with Gasteiger partial charge in [0.25, 0.3) is 5.79 Å². The van der Waals surface area contributed by atoms with Crippen LogP contribution in [0.25, 0.3) is 0 Å². The minimum absolute atomic E-state index is 0.0710. The smallest absolute Gasteiger partial charge is 0.251 e. The Hall–Kier alpha value is -3.22. The van der Waals surface area contributed by atoms with Crippen LogP contribution in [0.2, 0.25) is 0 Å². The van der Waals surface area contributed by atoms with E-state index < -0.39 is 11.7 Å². The van der Waals surface area contributed by atoms with Gasteiger partial charge in [-0.25, -0.2) is 0 Å². The Morgan fingerprint density at radius 2 is 1.90 bits per heavy atom. The zero-order valence-electron chi connectivity index (χ0n) is 17.6. The third-order valence-electron chi connectivity index (χ3n) is 6.28. The van der Waals surface area contributed by atoms with E-state index in [0.717, 1.165) is 37.1 Å². The van der Waals surface area contributed by atoms with E-state index in [1.165, 1.54) is 6.42 Å². The molecule has 2 aromatic rings. The van der Waals surface area contributed by atoms with Gasteiger partial charge in [0.2, 0.25) is 11.8 Å². The average Bonchev–Trinajstić information content (AvgIpc) is 3.34. The predicted molar refractivity (Wildman–Crippen MR) is 116 cm³/mol. The molecule has 2 fully saturated rings. The number of benzene rings is 2. The van der Waals surface area contributed by atoms with Gasteiger partial charge in [0.15, 0.2) is 11.5 Å². The highest BCUT2D eigenvalue weighted by Gasteiger charge is 2.42. The number of carbonyl (C=O) groups is 2. The van der Waals surface area contributed by atoms with Crippen molar-refractivity contribution in [2.45, 2.75) is 44.3 Å². The van der Waals surface area contributed by atoms with Gasteiger partial charge >= 0.3 is 0 Å². The molecule has 2 aliphatic heterocycles. The van der Waals surface area contributed by atoms with Gasteiger partial charge in [-0.1, -0.05) is 12.5 Å². The van der Waals surface area contributed by atoms with E-state index in [2.05, 4.69) is 5.32 Å². The summed E-state index contributed by atoms with van der Waals surface area (Å²) in [7, 11) is 1.59. The number of methoxy groups -OCH3 is 1. The van der Waals surface area contributed by atoms with Gasteiger partial charge in [-0.05, 0) is 37.1 Å². The van der Waals surface area contributed by atoms with Crippen LogP contribution in [0.4, 0.5) is 11.4 Å². The van der Waals surface area contributed by atoms with Gasteiger partial charge in [0.05, 0.1) is 13.0 Å². The first kappa shape index (κ1) is 19.7. The van der Waals surface area contributed by atoms with Gasteiger partial charge in [-0.3, -0.25) is 9.59 Å². The van der Waals surface area contributed by atoms with Crippen LogP contribution < -0.4 is 24.4 Å². The lowest BCUT2D eigenvalue weighted by atomic mass is 9.94. The number of amides is 2. The maximum absolute atomic E-state index is 12.9. The summed E-state index contributed by atoms with van der Waals surface area (Å²) in [6.45, 7) is 0.339. The number of hydrogen-bond donors (Lipinski definition) is 1. The van der Waals surface area contributed by atoms with Crippen molar-refractivity contribution < 1.29 is 23.8 Å². The molecule has 7 heteroatoms. The average molecular weight is 422 g/mol. The maximum atomic E-state index is 12.9. The van der Waals surface area contributed by atoms with E-state index in [1.54, 1.807) is 18.1 Å². The standard InChI is InChI=1S/C24H26N2O5/c1-29-19-7-5-6-18(14-19)26-15-16(12-22(26)27)23(28)25-17-8-9-20-21(13-17)31-24(30-20)10-3-2-4-11-24/h5-9,13-14,16H,2-4,10-12,15H2,1H3,(H,25,28). The predicted octanol–water partition coefficient (Wildman–Crippen LogP) is 4.12. The van der Waals surface area contributed by atoms with Gasteiger partial charge in [0.1, 0.15) is 5.75 Å². The molecule has 2 aromatic carbocycles. The van der Waals surface area contributed by atoms with Crippen molar-refractivity contribution in [3.8, 4) is 17.2 Å². The molecule has 1 aliphatic carbocycles. The normalized spacial score (nSPS) is 21.4. The third kappa shape index (κ3) is 3.80. The van der Waals surface area contributed by atoms with Crippen LogP contribution in [-0.4, -0.2) is 31.3 Å². The molecule has 2 amide bonds. The molecule has 1 N–H and O–H groups in total. The van der Waals surface area contributed by atoms with Crippen molar-refractivity contribution in [3.63, 3.8) is 0 Å². The van der Waals surface area contributed by atoms with Crippen LogP contribution in [0.3, 0.4) is 0 Å². The topological polar surface area (TPSA) is 77.1 Å². The Kier molecular flexibility index (Phi) is 4.96. The highest BCUT2D eigenvalue weighted by atomic mass is 16.7. The molecule has 1 spiro atoms. The lowest BCUT2D eigenvalue weighted by molar-refractivity contribution is -0.122. The second-order valence-electron chi connectivity index (χ2n) is 8.43. The molecule has 1 atom stereocenters. The molecule has 1 unspecified atom stereocenters. The zero-order chi connectivity index (χ0) is 21.4. The van der Waals surface area contributed by atoms with Crippen molar-refractivity contribution >= 4 is 23.2 Å². The summed E-state index contributed by atoms with van der Waals surface area (Å²) in [5, 5.41) is 2.94. The fourth-order valence-electron chi connectivity index (χ4n) is 4.62. The van der Waals surface area contributed by atoms with E-state index in [4.69, 9.17) is 14.2 Å². The van der Waals surface area contributed by atoms with E-state index in [0.29, 0.717) is 23.7 Å². The second kappa shape index (κ2) is 7.80. The number of fused-ring (bicyclic) bond motifs is 1. The van der Waals surface area contributed by atoms with Crippen molar-refractivity contribution in [2.24, 2.45) is 5.92 Å². The zero-order valence-corrected chi connectivity index (χ0v) is 17.6. The van der Waals surface area contributed by atoms with Gasteiger partial charge in [-0.15, -0.1) is 0 Å².